The van der Waals surface area contributed by atoms with Crippen molar-refractivity contribution < 1.29 is 19.1 Å². The molecular weight excluding hydrogens is 326 g/mol. The Morgan fingerprint density at radius 1 is 1.46 bits per heavy atom. The van der Waals surface area contributed by atoms with Gasteiger partial charge in [-0.25, -0.2) is 4.98 Å². The fourth-order valence-corrected chi connectivity index (χ4v) is 3.13. The van der Waals surface area contributed by atoms with Crippen molar-refractivity contribution in [2.75, 3.05) is 12.4 Å². The molecule has 1 aromatic carbocycles. The van der Waals surface area contributed by atoms with Crippen molar-refractivity contribution >= 4 is 17.7 Å². The zero-order valence-electron chi connectivity index (χ0n) is 13.7. The predicted molar refractivity (Wildman–Crippen MR) is 92.7 cm³/mol. The summed E-state index contributed by atoms with van der Waals surface area (Å²) in [6, 6.07) is 7.78. The first-order valence-corrected chi connectivity index (χ1v) is 9.25. The van der Waals surface area contributed by atoms with E-state index in [0.717, 1.165) is 35.1 Å². The summed E-state index contributed by atoms with van der Waals surface area (Å²) >= 11 is 1.38. The van der Waals surface area contributed by atoms with E-state index in [0.29, 0.717) is 18.3 Å². The Hall–Kier alpha value is -1.95. The van der Waals surface area contributed by atoms with E-state index in [9.17, 15) is 4.79 Å². The molecule has 2 aromatic rings. The summed E-state index contributed by atoms with van der Waals surface area (Å²) < 4.78 is 11.5. The number of aliphatic carboxylic acids is 1. The Labute approximate surface area is 145 Å². The van der Waals surface area contributed by atoms with Crippen molar-refractivity contribution in [1.29, 1.82) is 0 Å². The number of thioether (sulfide) groups is 1. The standard InChI is InChI=1S/C18H21NO4S/c1-12-16(19-18(23-12)14-5-6-14)7-8-22-15-4-2-3-13(9-15)10-24-11-17(20)21/h2-4,9,14H,5-8,10-11H2,1H3,(H,20,21). The fourth-order valence-electron chi connectivity index (χ4n) is 2.43. The molecular formula is C18H21NO4S. The monoisotopic (exact) mass is 347 g/mol. The molecule has 24 heavy (non-hydrogen) atoms. The number of rotatable bonds is 9. The number of aromatic nitrogens is 1. The van der Waals surface area contributed by atoms with E-state index in [1.54, 1.807) is 0 Å². The molecule has 1 aromatic heterocycles. The quantitative estimate of drug-likeness (QED) is 0.744. The molecule has 0 spiro atoms. The van der Waals surface area contributed by atoms with E-state index in [1.165, 1.54) is 24.6 Å². The number of oxazole rings is 1. The molecule has 0 amide bonds. The number of benzene rings is 1. The maximum Gasteiger partial charge on any atom is 0.313 e. The minimum atomic E-state index is -0.791. The van der Waals surface area contributed by atoms with Crippen molar-refractivity contribution in [1.82, 2.24) is 4.98 Å². The molecule has 128 valence electrons. The Bertz CT molecular complexity index is 709. The highest BCUT2D eigenvalue weighted by Crippen LogP contribution is 2.40. The van der Waals surface area contributed by atoms with Gasteiger partial charge < -0.3 is 14.3 Å². The van der Waals surface area contributed by atoms with Gasteiger partial charge in [0.1, 0.15) is 11.5 Å². The molecule has 0 atom stereocenters. The minimum Gasteiger partial charge on any atom is -0.493 e. The van der Waals surface area contributed by atoms with Crippen LogP contribution in [0.15, 0.2) is 28.7 Å². The molecule has 1 heterocycles. The van der Waals surface area contributed by atoms with Crippen LogP contribution in [-0.2, 0) is 17.0 Å². The lowest BCUT2D eigenvalue weighted by Crippen LogP contribution is -2.03. The molecule has 1 aliphatic carbocycles. The molecule has 5 nitrogen and oxygen atoms in total. The van der Waals surface area contributed by atoms with Crippen molar-refractivity contribution in [3.05, 3.63) is 47.2 Å². The third kappa shape index (κ3) is 4.77. The molecule has 1 aliphatic rings. The largest absolute Gasteiger partial charge is 0.493 e. The minimum absolute atomic E-state index is 0.111. The average Bonchev–Trinajstić information content (AvgIpc) is 3.32. The summed E-state index contributed by atoms with van der Waals surface area (Å²) in [6.45, 7) is 2.50. The van der Waals surface area contributed by atoms with Gasteiger partial charge in [0.25, 0.3) is 0 Å². The van der Waals surface area contributed by atoms with Crippen LogP contribution in [0.4, 0.5) is 0 Å². The van der Waals surface area contributed by atoms with E-state index < -0.39 is 5.97 Å². The van der Waals surface area contributed by atoms with E-state index in [1.807, 2.05) is 31.2 Å². The van der Waals surface area contributed by atoms with Crippen LogP contribution in [0.2, 0.25) is 0 Å². The number of aryl methyl sites for hydroxylation is 1. The Morgan fingerprint density at radius 2 is 2.29 bits per heavy atom. The predicted octanol–water partition coefficient (Wildman–Crippen LogP) is 3.80. The van der Waals surface area contributed by atoms with Crippen LogP contribution < -0.4 is 4.74 Å². The third-order valence-electron chi connectivity index (χ3n) is 3.84. The van der Waals surface area contributed by atoms with Crippen LogP contribution in [0.3, 0.4) is 0 Å². The van der Waals surface area contributed by atoms with Gasteiger partial charge in [-0.2, -0.15) is 0 Å². The lowest BCUT2D eigenvalue weighted by atomic mass is 10.2. The van der Waals surface area contributed by atoms with Gasteiger partial charge in [0.15, 0.2) is 5.89 Å². The molecule has 0 saturated heterocycles. The van der Waals surface area contributed by atoms with Crippen molar-refractivity contribution in [2.45, 2.75) is 37.9 Å². The van der Waals surface area contributed by atoms with Gasteiger partial charge in [-0.3, -0.25) is 4.79 Å². The maximum atomic E-state index is 10.5. The second-order valence-electron chi connectivity index (χ2n) is 5.96. The molecule has 1 N–H and O–H groups in total. The third-order valence-corrected chi connectivity index (χ3v) is 4.82. The molecule has 0 unspecified atom stereocenters. The summed E-state index contributed by atoms with van der Waals surface area (Å²) in [5, 5.41) is 8.67. The van der Waals surface area contributed by atoms with Gasteiger partial charge in [-0.1, -0.05) is 12.1 Å². The first kappa shape index (κ1) is 16.9. The Kier molecular flexibility index (Phi) is 5.45. The maximum absolute atomic E-state index is 10.5. The zero-order valence-corrected chi connectivity index (χ0v) is 14.5. The highest BCUT2D eigenvalue weighted by atomic mass is 32.2. The molecule has 3 rings (SSSR count). The van der Waals surface area contributed by atoms with Crippen molar-refractivity contribution in [3.8, 4) is 5.75 Å². The van der Waals surface area contributed by atoms with Gasteiger partial charge >= 0.3 is 5.97 Å². The van der Waals surface area contributed by atoms with E-state index in [-0.39, 0.29) is 5.75 Å². The van der Waals surface area contributed by atoms with Gasteiger partial charge in [-0.15, -0.1) is 11.8 Å². The SMILES string of the molecule is Cc1oc(C2CC2)nc1CCOc1cccc(CSCC(=O)O)c1. The lowest BCUT2D eigenvalue weighted by molar-refractivity contribution is -0.133. The van der Waals surface area contributed by atoms with Crippen LogP contribution in [0.1, 0.15) is 41.7 Å². The summed E-state index contributed by atoms with van der Waals surface area (Å²) in [5.74, 6) is 3.07. The second-order valence-corrected chi connectivity index (χ2v) is 6.95. The van der Waals surface area contributed by atoms with Crippen molar-refractivity contribution in [2.24, 2.45) is 0 Å². The number of hydrogen-bond acceptors (Lipinski definition) is 5. The van der Waals surface area contributed by atoms with Crippen molar-refractivity contribution in [3.63, 3.8) is 0 Å². The molecule has 0 aliphatic heterocycles. The van der Waals surface area contributed by atoms with Crippen LogP contribution in [0.25, 0.3) is 0 Å². The number of ether oxygens (including phenoxy) is 1. The van der Waals surface area contributed by atoms with Gasteiger partial charge in [0.05, 0.1) is 18.1 Å². The molecule has 1 saturated carbocycles. The molecule has 0 bridgehead atoms. The number of hydrogen-bond donors (Lipinski definition) is 1. The number of carbonyl (C=O) groups is 1. The van der Waals surface area contributed by atoms with Crippen LogP contribution >= 0.6 is 11.8 Å². The lowest BCUT2D eigenvalue weighted by Gasteiger charge is -2.07. The van der Waals surface area contributed by atoms with Gasteiger partial charge in [0.2, 0.25) is 0 Å². The first-order chi connectivity index (χ1) is 11.6. The average molecular weight is 347 g/mol. The number of carboxylic acid groups (broad SMARTS) is 1. The summed E-state index contributed by atoms with van der Waals surface area (Å²) in [6.07, 6.45) is 3.09. The molecule has 6 heteroatoms. The summed E-state index contributed by atoms with van der Waals surface area (Å²) in [4.78, 5) is 15.1. The Morgan fingerprint density at radius 3 is 3.04 bits per heavy atom. The number of carboxylic acids is 1. The summed E-state index contributed by atoms with van der Waals surface area (Å²) in [5.41, 5.74) is 2.04. The van der Waals surface area contributed by atoms with Gasteiger partial charge in [-0.05, 0) is 37.5 Å². The normalized spacial score (nSPS) is 13.9. The smallest absolute Gasteiger partial charge is 0.313 e. The molecule has 0 radical (unpaired) electrons. The summed E-state index contributed by atoms with van der Waals surface area (Å²) in [7, 11) is 0. The Balaban J connectivity index is 1.48. The van der Waals surface area contributed by atoms with E-state index in [2.05, 4.69) is 4.98 Å². The van der Waals surface area contributed by atoms with Crippen LogP contribution in [0, 0.1) is 6.92 Å². The van der Waals surface area contributed by atoms with Gasteiger partial charge in [0, 0.05) is 18.1 Å². The highest BCUT2D eigenvalue weighted by Gasteiger charge is 2.29. The van der Waals surface area contributed by atoms with Crippen LogP contribution in [0.5, 0.6) is 5.75 Å². The number of nitrogens with zero attached hydrogens (tertiary/aromatic N) is 1. The first-order valence-electron chi connectivity index (χ1n) is 8.09. The second kappa shape index (κ2) is 7.75. The highest BCUT2D eigenvalue weighted by molar-refractivity contribution is 7.99. The van der Waals surface area contributed by atoms with Crippen LogP contribution in [-0.4, -0.2) is 28.4 Å². The topological polar surface area (TPSA) is 72.6 Å². The van der Waals surface area contributed by atoms with E-state index in [4.69, 9.17) is 14.3 Å². The fraction of sp³-hybridized carbons (Fsp3) is 0.444. The molecule has 1 fully saturated rings. The zero-order chi connectivity index (χ0) is 16.9. The van der Waals surface area contributed by atoms with E-state index >= 15 is 0 Å².